The number of rotatable bonds is 5. The molecule has 0 aliphatic carbocycles. The molecular weight excluding hydrogens is 368 g/mol. The second-order valence-corrected chi connectivity index (χ2v) is 6.68. The van der Waals surface area contributed by atoms with Crippen molar-refractivity contribution < 1.29 is 4.63 Å². The van der Waals surface area contributed by atoms with Gasteiger partial charge in [-0.05, 0) is 50.2 Å². The fraction of sp³-hybridized carbons (Fsp3) is 0.529. The van der Waals surface area contributed by atoms with Crippen molar-refractivity contribution in [2.24, 2.45) is 0 Å². The Morgan fingerprint density at radius 3 is 2.67 bits per heavy atom. The minimum Gasteiger partial charge on any atom is -0.379 e. The van der Waals surface area contributed by atoms with Crippen molar-refractivity contribution in [2.45, 2.75) is 38.9 Å². The van der Waals surface area contributed by atoms with Gasteiger partial charge in [0.2, 0.25) is 0 Å². The van der Waals surface area contributed by atoms with Gasteiger partial charge in [-0.2, -0.15) is 0 Å². The number of halogens is 1. The van der Waals surface area contributed by atoms with E-state index in [2.05, 4.69) is 37.0 Å². The lowest BCUT2D eigenvalue weighted by atomic mass is 10.0. The number of fused-ring (bicyclic) bond motifs is 1. The van der Waals surface area contributed by atoms with Crippen LogP contribution in [0.1, 0.15) is 25.3 Å². The van der Waals surface area contributed by atoms with E-state index in [-0.39, 0.29) is 18.2 Å². The maximum Gasteiger partial charge on any atom is 0.199 e. The zero-order chi connectivity index (χ0) is 18.1. The molecule has 10 heteroatoms. The second kappa shape index (κ2) is 8.20. The highest BCUT2D eigenvalue weighted by Gasteiger charge is 2.22. The van der Waals surface area contributed by atoms with Crippen LogP contribution in [0.5, 0.6) is 0 Å². The fourth-order valence-corrected chi connectivity index (χ4v) is 3.73. The molecule has 0 saturated carbocycles. The number of nitrogens with zero attached hydrogens (tertiary/aromatic N) is 6. The molecule has 27 heavy (non-hydrogen) atoms. The molecular formula is C17H25ClN8O. The molecule has 0 unspecified atom stereocenters. The van der Waals surface area contributed by atoms with Crippen molar-refractivity contribution in [3.8, 4) is 11.5 Å². The van der Waals surface area contributed by atoms with E-state index in [1.807, 2.05) is 13.2 Å². The molecule has 146 valence electrons. The van der Waals surface area contributed by atoms with Crippen LogP contribution in [0.15, 0.2) is 17.0 Å². The van der Waals surface area contributed by atoms with Crippen molar-refractivity contribution in [1.29, 1.82) is 0 Å². The topological polar surface area (TPSA) is 111 Å². The number of hydrogen-bond acceptors (Lipinski definition) is 8. The number of aryl methyl sites for hydroxylation is 1. The van der Waals surface area contributed by atoms with Gasteiger partial charge in [-0.15, -0.1) is 12.4 Å². The zero-order valence-electron chi connectivity index (χ0n) is 15.6. The summed E-state index contributed by atoms with van der Waals surface area (Å²) in [4.78, 5) is 11.6. The van der Waals surface area contributed by atoms with Gasteiger partial charge in [-0.3, -0.25) is 9.88 Å². The number of nitrogens with one attached hydrogen (secondary N) is 1. The molecule has 4 rings (SSSR count). The summed E-state index contributed by atoms with van der Waals surface area (Å²) in [6, 6.07) is 0.621. The van der Waals surface area contributed by atoms with Gasteiger partial charge < -0.3 is 15.6 Å². The van der Waals surface area contributed by atoms with Crippen molar-refractivity contribution in [3.63, 3.8) is 0 Å². The van der Waals surface area contributed by atoms with Gasteiger partial charge >= 0.3 is 0 Å². The van der Waals surface area contributed by atoms with Gasteiger partial charge in [0.05, 0.1) is 11.7 Å². The number of pyridine rings is 1. The standard InChI is InChI=1S/C17H24N8O.ClH/c1-3-25-15-11(10-24-6-4-12(19-2)5-7-24)8-20-9-13(15)21-17(25)14-16(18)23-26-22-14;/h8-9,12,19H,3-7,10H2,1-2H3,(H2,18,23);1H. The molecule has 1 saturated heterocycles. The Balaban J connectivity index is 0.00000210. The van der Waals surface area contributed by atoms with Crippen LogP contribution < -0.4 is 11.1 Å². The Bertz CT molecular complexity index is 900. The van der Waals surface area contributed by atoms with Crippen molar-refractivity contribution in [2.75, 3.05) is 25.9 Å². The van der Waals surface area contributed by atoms with Gasteiger partial charge in [0.25, 0.3) is 0 Å². The number of likely N-dealkylation sites (tertiary alicyclic amines) is 1. The number of anilines is 1. The van der Waals surface area contributed by atoms with Crippen molar-refractivity contribution in [3.05, 3.63) is 18.0 Å². The lowest BCUT2D eigenvalue weighted by Crippen LogP contribution is -2.40. The summed E-state index contributed by atoms with van der Waals surface area (Å²) < 4.78 is 6.87. The predicted molar refractivity (Wildman–Crippen MR) is 106 cm³/mol. The highest BCUT2D eigenvalue weighted by molar-refractivity contribution is 5.85. The Hall–Kier alpha value is -2.23. The van der Waals surface area contributed by atoms with Crippen molar-refractivity contribution in [1.82, 2.24) is 35.1 Å². The van der Waals surface area contributed by atoms with E-state index in [4.69, 9.17) is 15.3 Å². The molecule has 0 bridgehead atoms. The summed E-state index contributed by atoms with van der Waals surface area (Å²) in [5.41, 5.74) is 9.44. The van der Waals surface area contributed by atoms with E-state index >= 15 is 0 Å². The second-order valence-electron chi connectivity index (χ2n) is 6.68. The molecule has 0 radical (unpaired) electrons. The van der Waals surface area contributed by atoms with Crippen LogP contribution in [-0.4, -0.2) is 55.9 Å². The normalized spacial score (nSPS) is 15.9. The van der Waals surface area contributed by atoms with Crippen LogP contribution in [0.4, 0.5) is 5.82 Å². The van der Waals surface area contributed by atoms with Crippen LogP contribution in [0.25, 0.3) is 22.6 Å². The average molecular weight is 393 g/mol. The van der Waals surface area contributed by atoms with E-state index in [9.17, 15) is 0 Å². The smallest absolute Gasteiger partial charge is 0.199 e. The molecule has 4 heterocycles. The number of piperidine rings is 1. The monoisotopic (exact) mass is 392 g/mol. The number of aromatic nitrogens is 5. The van der Waals surface area contributed by atoms with Crippen molar-refractivity contribution >= 4 is 29.3 Å². The Kier molecular flexibility index (Phi) is 5.93. The molecule has 3 aromatic rings. The summed E-state index contributed by atoms with van der Waals surface area (Å²) >= 11 is 0. The highest BCUT2D eigenvalue weighted by Crippen LogP contribution is 2.29. The average Bonchev–Trinajstić information content (AvgIpc) is 3.25. The predicted octanol–water partition coefficient (Wildman–Crippen LogP) is 1.69. The first-order valence-corrected chi connectivity index (χ1v) is 9.02. The Morgan fingerprint density at radius 2 is 2.04 bits per heavy atom. The van der Waals surface area contributed by atoms with Gasteiger partial charge in [0.1, 0.15) is 5.52 Å². The van der Waals surface area contributed by atoms with Crippen LogP contribution in [0.3, 0.4) is 0 Å². The summed E-state index contributed by atoms with van der Waals surface area (Å²) in [6.07, 6.45) is 6.05. The quantitative estimate of drug-likeness (QED) is 0.674. The maximum absolute atomic E-state index is 5.88. The molecule has 9 nitrogen and oxygen atoms in total. The summed E-state index contributed by atoms with van der Waals surface area (Å²) in [6.45, 7) is 5.84. The maximum atomic E-state index is 5.88. The van der Waals surface area contributed by atoms with Gasteiger partial charge in [0, 0.05) is 30.9 Å². The number of nitrogen functional groups attached to an aromatic ring is 1. The molecule has 1 aliphatic rings. The summed E-state index contributed by atoms with van der Waals surface area (Å²) in [5.74, 6) is 0.919. The van der Waals surface area contributed by atoms with Gasteiger partial charge in [-0.1, -0.05) is 0 Å². The SMILES string of the molecule is CCn1c(-c2nonc2N)nc2cncc(CN3CCC(NC)CC3)c21.Cl. The molecule has 1 fully saturated rings. The van der Waals surface area contributed by atoms with Gasteiger partial charge in [0.15, 0.2) is 17.3 Å². The minimum atomic E-state index is 0. The largest absolute Gasteiger partial charge is 0.379 e. The highest BCUT2D eigenvalue weighted by atomic mass is 35.5. The molecule has 3 aromatic heterocycles. The lowest BCUT2D eigenvalue weighted by molar-refractivity contribution is 0.195. The van der Waals surface area contributed by atoms with E-state index in [0.717, 1.165) is 37.2 Å². The third kappa shape index (κ3) is 3.62. The fourth-order valence-electron chi connectivity index (χ4n) is 3.73. The molecule has 0 atom stereocenters. The van der Waals surface area contributed by atoms with Crippen LogP contribution >= 0.6 is 12.4 Å². The Labute approximate surface area is 163 Å². The first-order valence-electron chi connectivity index (χ1n) is 9.02. The third-order valence-electron chi connectivity index (χ3n) is 5.16. The molecule has 3 N–H and O–H groups in total. The zero-order valence-corrected chi connectivity index (χ0v) is 16.4. The molecule has 0 amide bonds. The van der Waals surface area contributed by atoms with E-state index in [0.29, 0.717) is 17.6 Å². The first-order chi connectivity index (χ1) is 12.7. The van der Waals surface area contributed by atoms with E-state index in [1.54, 1.807) is 6.20 Å². The molecule has 0 spiro atoms. The van der Waals surface area contributed by atoms with E-state index in [1.165, 1.54) is 18.4 Å². The molecule has 0 aromatic carbocycles. The van der Waals surface area contributed by atoms with Crippen LogP contribution in [0, 0.1) is 0 Å². The lowest BCUT2D eigenvalue weighted by Gasteiger charge is -2.31. The Morgan fingerprint density at radius 1 is 1.26 bits per heavy atom. The van der Waals surface area contributed by atoms with Gasteiger partial charge in [-0.25, -0.2) is 9.61 Å². The van der Waals surface area contributed by atoms with E-state index < -0.39 is 0 Å². The summed E-state index contributed by atoms with van der Waals surface area (Å²) in [7, 11) is 2.04. The number of nitrogens with two attached hydrogens (primary N) is 1. The van der Waals surface area contributed by atoms with Crippen LogP contribution in [-0.2, 0) is 13.1 Å². The number of hydrogen-bond donors (Lipinski definition) is 2. The summed E-state index contributed by atoms with van der Waals surface area (Å²) in [5, 5.41) is 11.0. The van der Waals surface area contributed by atoms with Crippen LogP contribution in [0.2, 0.25) is 0 Å². The third-order valence-corrected chi connectivity index (χ3v) is 5.16. The molecule has 1 aliphatic heterocycles. The minimum absolute atomic E-state index is 0. The number of imidazole rings is 1. The first kappa shape index (κ1) is 19.5.